The molecule has 2 saturated heterocycles. The van der Waals surface area contributed by atoms with Crippen LogP contribution < -0.4 is 44.2 Å². The second-order valence-corrected chi connectivity index (χ2v) is 14.1. The number of aliphatic imine (C=N–C) groups is 2. The lowest BCUT2D eigenvalue weighted by Gasteiger charge is -2.30. The smallest absolute Gasteiger partial charge is 0.246 e. The van der Waals surface area contributed by atoms with Crippen molar-refractivity contribution in [3.8, 4) is 5.75 Å². The Morgan fingerprint density at radius 2 is 1.16 bits per heavy atom. The normalized spacial score (nSPS) is 22.1. The second kappa shape index (κ2) is 19.3. The summed E-state index contributed by atoms with van der Waals surface area (Å²) in [7, 11) is 0. The van der Waals surface area contributed by atoms with E-state index in [1.165, 1.54) is 17.0 Å². The Bertz CT molecular complexity index is 1940. The van der Waals surface area contributed by atoms with Crippen molar-refractivity contribution in [1.29, 1.82) is 0 Å². The number of carbonyl (C=O) groups is 5. The maximum atomic E-state index is 14.4. The number of carbonyl (C=O) groups excluding carboxylic acids is 5. The van der Waals surface area contributed by atoms with Crippen LogP contribution in [0.15, 0.2) is 76.7 Å². The number of nitrogens with two attached hydrogens (primary N) is 4. The van der Waals surface area contributed by atoms with Crippen molar-refractivity contribution in [3.63, 3.8) is 0 Å². The Labute approximate surface area is 324 Å². The van der Waals surface area contributed by atoms with Gasteiger partial charge in [-0.3, -0.25) is 34.0 Å². The molecular formula is C39H51N11O6. The van der Waals surface area contributed by atoms with Crippen LogP contribution in [-0.4, -0.2) is 101 Å². The van der Waals surface area contributed by atoms with Crippen LogP contribution in [0, 0.1) is 0 Å². The van der Waals surface area contributed by atoms with Crippen molar-refractivity contribution in [3.05, 3.63) is 77.9 Å². The lowest BCUT2D eigenvalue weighted by atomic mass is 10.00. The molecule has 13 N–H and O–H groups in total. The highest BCUT2D eigenvalue weighted by Gasteiger charge is 2.40. The third kappa shape index (κ3) is 11.3. The summed E-state index contributed by atoms with van der Waals surface area (Å²) in [6.45, 7) is 0.577. The van der Waals surface area contributed by atoms with Gasteiger partial charge in [-0.1, -0.05) is 54.6 Å². The summed E-state index contributed by atoms with van der Waals surface area (Å²) < 4.78 is 0. The molecule has 2 fully saturated rings. The predicted molar refractivity (Wildman–Crippen MR) is 212 cm³/mol. The summed E-state index contributed by atoms with van der Waals surface area (Å²) in [5.74, 6) is -3.23. The van der Waals surface area contributed by atoms with Crippen molar-refractivity contribution in [2.75, 3.05) is 19.6 Å². The lowest BCUT2D eigenvalue weighted by Crippen LogP contribution is -2.58. The van der Waals surface area contributed by atoms with E-state index in [-0.39, 0.29) is 69.4 Å². The Hall–Kier alpha value is -6.39. The van der Waals surface area contributed by atoms with E-state index in [0.29, 0.717) is 24.8 Å². The summed E-state index contributed by atoms with van der Waals surface area (Å²) in [6, 6.07) is 14.2. The standard InChI is InChI=1S/C39H51N11O6/c40-38(41)44-17-3-8-28-33(52)46-29(9-4-18-45-39(42)43)34(53)49-31(21-23-12-15-27(51)16-13-23)37(56)50-19-5-10-32(50)36(55)48-30(35(54)47-28)22-24-11-14-25-6-1-2-7-26(25)20-24/h1-2,6-7,11-16,20,28-32,51H,3-5,8-10,17-19,21-22H2,(H,46,52)(H,47,54)(H,48,55)(H,49,53)(H4,40,41,44)(H4,42,43,45)/t28-,29-,30-,31+,32+/m0/s1. The van der Waals surface area contributed by atoms with E-state index in [0.717, 1.165) is 16.3 Å². The molecule has 3 aromatic rings. The van der Waals surface area contributed by atoms with Gasteiger partial charge in [0.1, 0.15) is 36.0 Å². The van der Waals surface area contributed by atoms with Crippen molar-refractivity contribution in [2.45, 2.75) is 81.6 Å². The lowest BCUT2D eigenvalue weighted by molar-refractivity contribution is -0.142. The third-order valence-corrected chi connectivity index (χ3v) is 9.87. The molecule has 2 aliphatic rings. The number of aromatic hydroxyl groups is 1. The van der Waals surface area contributed by atoms with Gasteiger partial charge in [-0.25, -0.2) is 0 Å². The second-order valence-electron chi connectivity index (χ2n) is 14.1. The molecule has 56 heavy (non-hydrogen) atoms. The number of phenolic OH excluding ortho intramolecular Hbond substituents is 1. The van der Waals surface area contributed by atoms with Gasteiger partial charge >= 0.3 is 0 Å². The van der Waals surface area contributed by atoms with Gasteiger partial charge in [-0.2, -0.15) is 0 Å². The minimum Gasteiger partial charge on any atom is -0.508 e. The number of nitrogens with one attached hydrogen (secondary N) is 4. The van der Waals surface area contributed by atoms with Gasteiger partial charge in [0.25, 0.3) is 0 Å². The first-order valence-corrected chi connectivity index (χ1v) is 18.8. The minimum atomic E-state index is -1.17. The van der Waals surface area contributed by atoms with Crippen LogP contribution in [0.5, 0.6) is 5.75 Å². The molecule has 3 aromatic carbocycles. The quantitative estimate of drug-likeness (QED) is 0.0640. The molecule has 0 aromatic heterocycles. The number of fused-ring (bicyclic) bond motifs is 2. The van der Waals surface area contributed by atoms with E-state index in [2.05, 4.69) is 31.3 Å². The van der Waals surface area contributed by atoms with E-state index >= 15 is 0 Å². The first kappa shape index (κ1) is 40.8. The summed E-state index contributed by atoms with van der Waals surface area (Å²) in [6.07, 6.45) is 1.72. The molecule has 2 heterocycles. The maximum Gasteiger partial charge on any atom is 0.246 e. The van der Waals surface area contributed by atoms with Crippen LogP contribution in [0.25, 0.3) is 10.8 Å². The molecule has 5 atom stereocenters. The molecule has 298 valence electrons. The monoisotopic (exact) mass is 769 g/mol. The van der Waals surface area contributed by atoms with Crippen LogP contribution >= 0.6 is 0 Å². The van der Waals surface area contributed by atoms with E-state index in [1.807, 2.05) is 42.5 Å². The van der Waals surface area contributed by atoms with Crippen molar-refractivity contribution >= 4 is 52.2 Å². The maximum absolute atomic E-state index is 14.4. The number of phenols is 1. The highest BCUT2D eigenvalue weighted by atomic mass is 16.3. The average Bonchev–Trinajstić information content (AvgIpc) is 3.67. The molecule has 0 saturated carbocycles. The zero-order valence-electron chi connectivity index (χ0n) is 31.2. The van der Waals surface area contributed by atoms with E-state index in [1.54, 1.807) is 12.1 Å². The molecule has 0 bridgehead atoms. The van der Waals surface area contributed by atoms with E-state index < -0.39 is 59.7 Å². The predicted octanol–water partition coefficient (Wildman–Crippen LogP) is -0.618. The molecule has 2 aliphatic heterocycles. The van der Waals surface area contributed by atoms with Crippen LogP contribution in [-0.2, 0) is 36.8 Å². The minimum absolute atomic E-state index is 0.0280. The van der Waals surface area contributed by atoms with Gasteiger partial charge in [0, 0.05) is 32.5 Å². The van der Waals surface area contributed by atoms with E-state index in [4.69, 9.17) is 22.9 Å². The molecule has 0 unspecified atom stereocenters. The number of amides is 5. The van der Waals surface area contributed by atoms with Crippen molar-refractivity contribution in [2.24, 2.45) is 32.9 Å². The molecule has 0 radical (unpaired) electrons. The highest BCUT2D eigenvalue weighted by Crippen LogP contribution is 2.22. The number of rotatable bonds is 12. The average molecular weight is 770 g/mol. The van der Waals surface area contributed by atoms with Gasteiger partial charge in [0.15, 0.2) is 11.9 Å². The molecule has 5 amide bonds. The number of nitrogens with zero attached hydrogens (tertiary/aromatic N) is 3. The topological polar surface area (TPSA) is 286 Å². The summed E-state index contributed by atoms with van der Waals surface area (Å²) >= 11 is 0. The Morgan fingerprint density at radius 1 is 0.643 bits per heavy atom. The summed E-state index contributed by atoms with van der Waals surface area (Å²) in [4.78, 5) is 80.3. The van der Waals surface area contributed by atoms with Crippen molar-refractivity contribution < 1.29 is 29.1 Å². The number of benzene rings is 3. The number of hydrogen-bond acceptors (Lipinski definition) is 8. The van der Waals surface area contributed by atoms with Gasteiger partial charge in [0.2, 0.25) is 29.5 Å². The molecule has 17 heteroatoms. The zero-order valence-corrected chi connectivity index (χ0v) is 31.2. The fourth-order valence-corrected chi connectivity index (χ4v) is 7.01. The van der Waals surface area contributed by atoms with Crippen LogP contribution in [0.3, 0.4) is 0 Å². The summed E-state index contributed by atoms with van der Waals surface area (Å²) in [5.41, 5.74) is 23.4. The molecular weight excluding hydrogens is 718 g/mol. The zero-order chi connectivity index (χ0) is 40.2. The van der Waals surface area contributed by atoms with Crippen LogP contribution in [0.4, 0.5) is 0 Å². The first-order valence-electron chi connectivity index (χ1n) is 18.8. The van der Waals surface area contributed by atoms with E-state index in [9.17, 15) is 29.1 Å². The SMILES string of the molecule is NC(N)=NCCC[C@@H]1NC(=O)[C@H](Cc2ccc3ccccc3c2)NC(=O)[C@H]2CCCN2C(=O)[C@@H](Cc2ccc(O)cc2)NC(=O)[C@H](CCCN=C(N)N)NC1=O. The van der Waals surface area contributed by atoms with Crippen LogP contribution in [0.2, 0.25) is 0 Å². The van der Waals surface area contributed by atoms with Gasteiger partial charge in [-0.15, -0.1) is 0 Å². The third-order valence-electron chi connectivity index (χ3n) is 9.87. The Balaban J connectivity index is 1.52. The van der Waals surface area contributed by atoms with Crippen LogP contribution in [0.1, 0.15) is 49.7 Å². The molecule has 0 spiro atoms. The number of hydrogen-bond donors (Lipinski definition) is 9. The largest absolute Gasteiger partial charge is 0.508 e. The fourth-order valence-electron chi connectivity index (χ4n) is 7.01. The Kier molecular flexibility index (Phi) is 14.0. The Morgan fingerprint density at radius 3 is 1.77 bits per heavy atom. The number of guanidine groups is 2. The summed E-state index contributed by atoms with van der Waals surface area (Å²) in [5, 5.41) is 23.2. The van der Waals surface area contributed by atoms with Crippen molar-refractivity contribution in [1.82, 2.24) is 26.2 Å². The van der Waals surface area contributed by atoms with Gasteiger partial charge in [-0.05, 0) is 72.6 Å². The first-order chi connectivity index (χ1) is 26.9. The molecule has 17 nitrogen and oxygen atoms in total. The van der Waals surface area contributed by atoms with Gasteiger partial charge < -0.3 is 54.2 Å². The molecule has 0 aliphatic carbocycles. The van der Waals surface area contributed by atoms with Gasteiger partial charge in [0.05, 0.1) is 0 Å². The highest BCUT2D eigenvalue weighted by molar-refractivity contribution is 5.98. The molecule has 5 rings (SSSR count). The fraction of sp³-hybridized carbons (Fsp3) is 0.410.